The first-order valence-electron chi connectivity index (χ1n) is 15.1. The molecule has 0 fully saturated rings. The molecular weight excluding hydrogens is 543 g/mol. The summed E-state index contributed by atoms with van der Waals surface area (Å²) in [5, 5.41) is 1.24. The lowest BCUT2D eigenvalue weighted by Gasteiger charge is -2.65. The van der Waals surface area contributed by atoms with Crippen LogP contribution in [0.5, 0.6) is 0 Å². The van der Waals surface area contributed by atoms with E-state index in [2.05, 4.69) is 164 Å². The Morgan fingerprint density at radius 2 is 1.23 bits per heavy atom. The standard InChI is InChI=1S/C40H33NOS/c1-39-37(26-25-35-38(39)28-17-7-13-23-34(28)42-35)40(31-20-10-14-24-36(31)43(39,2)3)29-18-8-11-21-32(29)41(27-15-5-4-6-16-27)33-22-12-9-19-30(33)40/h4-26,37H,1-3H3. The summed E-state index contributed by atoms with van der Waals surface area (Å²) in [6, 6.07) is 47.1. The molecule has 0 radical (unpaired) electrons. The van der Waals surface area contributed by atoms with E-state index in [-0.39, 0.29) is 10.7 Å². The number of allylic oxidation sites excluding steroid dienone is 1. The smallest absolute Gasteiger partial charge is 0.135 e. The molecule has 9 rings (SSSR count). The number of benzene rings is 5. The van der Waals surface area contributed by atoms with E-state index in [9.17, 15) is 0 Å². The van der Waals surface area contributed by atoms with Gasteiger partial charge in [0.05, 0.1) is 16.8 Å². The summed E-state index contributed by atoms with van der Waals surface area (Å²) >= 11 is 0. The molecule has 2 atom stereocenters. The first-order valence-corrected chi connectivity index (χ1v) is 17.5. The fourth-order valence-corrected chi connectivity index (χ4v) is 12.0. The van der Waals surface area contributed by atoms with Crippen molar-refractivity contribution < 1.29 is 4.42 Å². The largest absolute Gasteiger partial charge is 0.456 e. The van der Waals surface area contributed by atoms with E-state index in [4.69, 9.17) is 4.42 Å². The summed E-state index contributed by atoms with van der Waals surface area (Å²) in [6.45, 7) is 2.55. The maximum absolute atomic E-state index is 6.59. The number of hydrogen-bond acceptors (Lipinski definition) is 2. The third-order valence-electron chi connectivity index (χ3n) is 10.7. The summed E-state index contributed by atoms with van der Waals surface area (Å²) in [5.41, 5.74) is 9.76. The van der Waals surface area contributed by atoms with E-state index in [0.29, 0.717) is 0 Å². The molecule has 0 bridgehead atoms. The second kappa shape index (κ2) is 8.55. The molecule has 3 aliphatic rings. The van der Waals surface area contributed by atoms with Gasteiger partial charge in [-0.05, 0) is 83.5 Å². The number of hydrogen-bond donors (Lipinski definition) is 0. The van der Waals surface area contributed by atoms with Crippen molar-refractivity contribution in [2.75, 3.05) is 17.4 Å². The number of furan rings is 1. The molecule has 0 amide bonds. The third kappa shape index (κ3) is 2.91. The van der Waals surface area contributed by atoms with Gasteiger partial charge in [-0.1, -0.05) is 97.1 Å². The monoisotopic (exact) mass is 575 g/mol. The fraction of sp³-hybridized carbons (Fsp3) is 0.150. The Hall–Kier alpha value is -4.47. The van der Waals surface area contributed by atoms with E-state index in [1.54, 1.807) is 0 Å². The van der Waals surface area contributed by atoms with E-state index in [0.717, 1.165) is 11.3 Å². The van der Waals surface area contributed by atoms with Gasteiger partial charge in [0, 0.05) is 27.3 Å². The van der Waals surface area contributed by atoms with Gasteiger partial charge < -0.3 is 9.32 Å². The minimum Gasteiger partial charge on any atom is -0.456 e. The Morgan fingerprint density at radius 3 is 1.95 bits per heavy atom. The van der Waals surface area contributed by atoms with Crippen molar-refractivity contribution in [2.24, 2.45) is 5.92 Å². The minimum absolute atomic E-state index is 0.161. The lowest BCUT2D eigenvalue weighted by atomic mass is 9.54. The summed E-state index contributed by atoms with van der Waals surface area (Å²) in [7, 11) is -1.39. The molecule has 3 heteroatoms. The average molecular weight is 576 g/mol. The summed E-state index contributed by atoms with van der Waals surface area (Å²) in [4.78, 5) is 3.95. The van der Waals surface area contributed by atoms with E-state index in [1.807, 2.05) is 0 Å². The van der Waals surface area contributed by atoms with Gasteiger partial charge in [0.15, 0.2) is 0 Å². The van der Waals surface area contributed by atoms with Crippen molar-refractivity contribution in [3.8, 4) is 0 Å². The summed E-state index contributed by atoms with van der Waals surface area (Å²) in [6.07, 6.45) is 9.85. The van der Waals surface area contributed by atoms with Crippen LogP contribution in [0.25, 0.3) is 17.0 Å². The van der Waals surface area contributed by atoms with Crippen LogP contribution in [0.2, 0.25) is 0 Å². The number of anilines is 3. The molecular formula is C40H33NOS. The topological polar surface area (TPSA) is 16.4 Å². The molecule has 0 saturated carbocycles. The number of fused-ring (bicyclic) bond motifs is 12. The van der Waals surface area contributed by atoms with Crippen molar-refractivity contribution in [1.82, 2.24) is 0 Å². The van der Waals surface area contributed by atoms with Crippen molar-refractivity contribution >= 4 is 44.1 Å². The molecule has 5 aromatic carbocycles. The summed E-state index contributed by atoms with van der Waals surface area (Å²) in [5.74, 6) is 1.17. The number of nitrogens with zero attached hydrogens (tertiary/aromatic N) is 1. The lowest BCUT2D eigenvalue weighted by molar-refractivity contribution is 0.336. The molecule has 2 aliphatic heterocycles. The zero-order valence-electron chi connectivity index (χ0n) is 24.6. The van der Waals surface area contributed by atoms with Gasteiger partial charge in [-0.2, -0.15) is 0 Å². The van der Waals surface area contributed by atoms with Gasteiger partial charge in [0.2, 0.25) is 0 Å². The highest BCUT2D eigenvalue weighted by Crippen LogP contribution is 2.79. The van der Waals surface area contributed by atoms with Crippen LogP contribution >= 0.6 is 10.0 Å². The summed E-state index contributed by atoms with van der Waals surface area (Å²) < 4.78 is 6.39. The number of rotatable bonds is 1. The van der Waals surface area contributed by atoms with Crippen LogP contribution in [0.1, 0.15) is 34.9 Å². The Bertz CT molecular complexity index is 2060. The Morgan fingerprint density at radius 1 is 0.651 bits per heavy atom. The SMILES string of the molecule is CC12c3c(oc4ccccc34)C=CC1C1(c3ccccc3N(c3ccccc3)c3ccccc31)c1ccccc1S2(C)C. The fourth-order valence-electron chi connectivity index (χ4n) is 8.74. The average Bonchev–Trinajstić information content (AvgIpc) is 3.44. The van der Waals surface area contributed by atoms with E-state index in [1.165, 1.54) is 49.6 Å². The molecule has 43 heavy (non-hydrogen) atoms. The van der Waals surface area contributed by atoms with E-state index >= 15 is 0 Å². The molecule has 1 aliphatic carbocycles. The molecule has 2 nitrogen and oxygen atoms in total. The molecule has 0 saturated heterocycles. The molecule has 1 spiro atoms. The predicted molar refractivity (Wildman–Crippen MR) is 181 cm³/mol. The van der Waals surface area contributed by atoms with Crippen LogP contribution in [-0.2, 0) is 10.2 Å². The van der Waals surface area contributed by atoms with Crippen LogP contribution in [0, 0.1) is 5.92 Å². The zero-order chi connectivity index (χ0) is 29.0. The highest BCUT2D eigenvalue weighted by molar-refractivity contribution is 8.33. The van der Waals surface area contributed by atoms with Gasteiger partial charge in [0.1, 0.15) is 11.3 Å². The Kier molecular flexibility index (Phi) is 4.98. The van der Waals surface area contributed by atoms with Crippen LogP contribution in [0.15, 0.2) is 143 Å². The molecule has 1 aromatic heterocycles. The Balaban J connectivity index is 1.47. The highest BCUT2D eigenvalue weighted by atomic mass is 32.3. The van der Waals surface area contributed by atoms with Gasteiger partial charge >= 0.3 is 0 Å². The molecule has 3 heterocycles. The molecule has 6 aromatic rings. The zero-order valence-corrected chi connectivity index (χ0v) is 25.4. The highest BCUT2D eigenvalue weighted by Gasteiger charge is 2.64. The van der Waals surface area contributed by atoms with Gasteiger partial charge in [-0.25, -0.2) is 10.0 Å². The first kappa shape index (κ1) is 25.1. The maximum Gasteiger partial charge on any atom is 0.135 e. The van der Waals surface area contributed by atoms with Crippen LogP contribution in [0.4, 0.5) is 17.1 Å². The predicted octanol–water partition coefficient (Wildman–Crippen LogP) is 10.5. The van der Waals surface area contributed by atoms with Crippen molar-refractivity contribution in [3.05, 3.63) is 161 Å². The van der Waals surface area contributed by atoms with Crippen LogP contribution in [0.3, 0.4) is 0 Å². The van der Waals surface area contributed by atoms with Gasteiger partial charge in [-0.3, -0.25) is 0 Å². The van der Waals surface area contributed by atoms with Crippen LogP contribution < -0.4 is 4.90 Å². The molecule has 0 N–H and O–H groups in total. The minimum atomic E-state index is -1.39. The van der Waals surface area contributed by atoms with Crippen molar-refractivity contribution in [3.63, 3.8) is 0 Å². The van der Waals surface area contributed by atoms with Crippen molar-refractivity contribution in [2.45, 2.75) is 22.0 Å². The Labute approximate surface area is 254 Å². The molecule has 210 valence electrons. The third-order valence-corrected chi connectivity index (χ3v) is 14.7. The first-order chi connectivity index (χ1) is 21.0. The van der Waals surface area contributed by atoms with E-state index < -0.39 is 15.4 Å². The number of para-hydroxylation sites is 4. The second-order valence-corrected chi connectivity index (χ2v) is 16.6. The van der Waals surface area contributed by atoms with Crippen LogP contribution in [-0.4, -0.2) is 12.5 Å². The molecule has 2 unspecified atom stereocenters. The second-order valence-electron chi connectivity index (χ2n) is 12.6. The maximum atomic E-state index is 6.59. The quantitative estimate of drug-likeness (QED) is 0.194. The normalized spacial score (nSPS) is 22.7. The van der Waals surface area contributed by atoms with Gasteiger partial charge in [-0.15, -0.1) is 0 Å². The van der Waals surface area contributed by atoms with Gasteiger partial charge in [0.25, 0.3) is 0 Å². The lowest BCUT2D eigenvalue weighted by Crippen LogP contribution is -2.55. The van der Waals surface area contributed by atoms with Crippen molar-refractivity contribution in [1.29, 1.82) is 0 Å².